The van der Waals surface area contributed by atoms with Gasteiger partial charge in [-0.25, -0.2) is 0 Å². The Morgan fingerprint density at radius 1 is 1.30 bits per heavy atom. The molecule has 1 aliphatic heterocycles. The summed E-state index contributed by atoms with van der Waals surface area (Å²) in [5.74, 6) is 0. The lowest BCUT2D eigenvalue weighted by Gasteiger charge is -2.32. The zero-order valence-corrected chi connectivity index (χ0v) is 5.77. The fraction of sp³-hybridized carbons (Fsp3) is 1.00. The van der Waals surface area contributed by atoms with Gasteiger partial charge in [0.2, 0.25) is 0 Å². The molecule has 10 heavy (non-hydrogen) atoms. The van der Waals surface area contributed by atoms with Gasteiger partial charge in [0.1, 0.15) is 6.10 Å². The zero-order valence-electron chi connectivity index (χ0n) is 5.77. The van der Waals surface area contributed by atoms with E-state index in [1.165, 1.54) is 0 Å². The predicted octanol–water partition coefficient (Wildman–Crippen LogP) is -1.16. The summed E-state index contributed by atoms with van der Waals surface area (Å²) in [6.07, 6.45) is -3.07. The van der Waals surface area contributed by atoms with Crippen molar-refractivity contribution in [2.45, 2.75) is 37.9 Å². The summed E-state index contributed by atoms with van der Waals surface area (Å²) in [4.78, 5) is 0. The molecule has 0 aliphatic carbocycles. The predicted molar refractivity (Wildman–Crippen MR) is 33.2 cm³/mol. The first-order valence-corrected chi connectivity index (χ1v) is 3.31. The maximum Gasteiger partial charge on any atom is 0.157 e. The molecular formula is C6H12O4. The second-order valence-corrected chi connectivity index (χ2v) is 2.59. The van der Waals surface area contributed by atoms with Crippen LogP contribution in [0.3, 0.4) is 0 Å². The molecule has 0 amide bonds. The Bertz CT molecular complexity index is 104. The Hall–Kier alpha value is -0.160. The van der Waals surface area contributed by atoms with E-state index in [9.17, 15) is 0 Å². The van der Waals surface area contributed by atoms with E-state index in [0.717, 1.165) is 0 Å². The van der Waals surface area contributed by atoms with E-state index in [-0.39, 0.29) is 6.42 Å². The van der Waals surface area contributed by atoms with Crippen molar-refractivity contribution in [1.29, 1.82) is 0 Å². The van der Waals surface area contributed by atoms with E-state index in [4.69, 9.17) is 20.1 Å². The van der Waals surface area contributed by atoms with E-state index in [0.29, 0.717) is 0 Å². The molecule has 0 bridgehead atoms. The molecule has 4 atom stereocenters. The molecule has 1 saturated heterocycles. The molecule has 4 nitrogen and oxygen atoms in total. The lowest BCUT2D eigenvalue weighted by molar-refractivity contribution is -0.226. The minimum Gasteiger partial charge on any atom is -0.390 e. The second-order valence-electron chi connectivity index (χ2n) is 2.59. The van der Waals surface area contributed by atoms with Crippen LogP contribution in [-0.2, 0) is 4.74 Å². The molecule has 0 aromatic rings. The van der Waals surface area contributed by atoms with Crippen molar-refractivity contribution in [3.63, 3.8) is 0 Å². The maximum absolute atomic E-state index is 9.08. The van der Waals surface area contributed by atoms with Crippen molar-refractivity contribution in [3.05, 3.63) is 0 Å². The molecule has 1 heterocycles. The molecule has 0 aromatic heterocycles. The van der Waals surface area contributed by atoms with Gasteiger partial charge in [-0.3, -0.25) is 0 Å². The van der Waals surface area contributed by atoms with Crippen molar-refractivity contribution >= 4 is 0 Å². The van der Waals surface area contributed by atoms with Gasteiger partial charge >= 0.3 is 0 Å². The Labute approximate surface area is 59.1 Å². The van der Waals surface area contributed by atoms with Crippen LogP contribution in [0.5, 0.6) is 0 Å². The van der Waals surface area contributed by atoms with Gasteiger partial charge in [-0.2, -0.15) is 0 Å². The number of rotatable bonds is 0. The summed E-state index contributed by atoms with van der Waals surface area (Å²) < 4.78 is 4.81. The number of aliphatic hydroxyl groups is 3. The third-order valence-corrected chi connectivity index (χ3v) is 1.69. The SMILES string of the molecule is C[C@@H]1O[C@@H](O)C[C@@H](O)[C@H]1O. The molecule has 0 radical (unpaired) electrons. The van der Waals surface area contributed by atoms with E-state index in [1.807, 2.05) is 0 Å². The topological polar surface area (TPSA) is 69.9 Å². The van der Waals surface area contributed by atoms with Crippen molar-refractivity contribution in [2.75, 3.05) is 0 Å². The highest BCUT2D eigenvalue weighted by molar-refractivity contribution is 4.78. The van der Waals surface area contributed by atoms with Gasteiger partial charge in [0.25, 0.3) is 0 Å². The highest BCUT2D eigenvalue weighted by atomic mass is 16.6. The van der Waals surface area contributed by atoms with Gasteiger partial charge in [0.05, 0.1) is 12.2 Å². The van der Waals surface area contributed by atoms with Crippen molar-refractivity contribution in [3.8, 4) is 0 Å². The summed E-state index contributed by atoms with van der Waals surface area (Å²) in [6.45, 7) is 1.61. The van der Waals surface area contributed by atoms with Gasteiger partial charge < -0.3 is 20.1 Å². The van der Waals surface area contributed by atoms with Gasteiger partial charge in [0, 0.05) is 6.42 Å². The highest BCUT2D eigenvalue weighted by Crippen LogP contribution is 2.17. The summed E-state index contributed by atoms with van der Waals surface area (Å²) >= 11 is 0. The van der Waals surface area contributed by atoms with Crippen LogP contribution in [0, 0.1) is 0 Å². The Morgan fingerprint density at radius 2 is 1.90 bits per heavy atom. The molecule has 0 unspecified atom stereocenters. The van der Waals surface area contributed by atoms with Crippen LogP contribution in [0.15, 0.2) is 0 Å². The first-order chi connectivity index (χ1) is 4.61. The molecule has 0 spiro atoms. The van der Waals surface area contributed by atoms with Gasteiger partial charge in [-0.1, -0.05) is 0 Å². The molecule has 0 saturated carbocycles. The molecule has 1 rings (SSSR count). The van der Waals surface area contributed by atoms with E-state index in [1.54, 1.807) is 6.92 Å². The molecule has 0 aromatic carbocycles. The van der Waals surface area contributed by atoms with Crippen molar-refractivity contribution in [1.82, 2.24) is 0 Å². The summed E-state index contributed by atoms with van der Waals surface area (Å²) in [6, 6.07) is 0. The van der Waals surface area contributed by atoms with Crippen LogP contribution in [0.2, 0.25) is 0 Å². The average Bonchev–Trinajstić information content (AvgIpc) is 1.82. The summed E-state index contributed by atoms with van der Waals surface area (Å²) in [7, 11) is 0. The normalized spacial score (nSPS) is 49.2. The third kappa shape index (κ3) is 1.46. The number of hydrogen-bond acceptors (Lipinski definition) is 4. The first-order valence-electron chi connectivity index (χ1n) is 3.31. The maximum atomic E-state index is 9.08. The zero-order chi connectivity index (χ0) is 7.72. The lowest BCUT2D eigenvalue weighted by atomic mass is 10.0. The van der Waals surface area contributed by atoms with Crippen molar-refractivity contribution in [2.24, 2.45) is 0 Å². The van der Waals surface area contributed by atoms with E-state index in [2.05, 4.69) is 0 Å². The highest BCUT2D eigenvalue weighted by Gasteiger charge is 2.32. The lowest BCUT2D eigenvalue weighted by Crippen LogP contribution is -2.46. The Kier molecular flexibility index (Phi) is 2.25. The quantitative estimate of drug-likeness (QED) is 0.405. The largest absolute Gasteiger partial charge is 0.390 e. The average molecular weight is 148 g/mol. The third-order valence-electron chi connectivity index (χ3n) is 1.69. The molecule has 4 heteroatoms. The van der Waals surface area contributed by atoms with Crippen LogP contribution in [-0.4, -0.2) is 39.9 Å². The second kappa shape index (κ2) is 2.84. The number of hydrogen-bond donors (Lipinski definition) is 3. The fourth-order valence-corrected chi connectivity index (χ4v) is 1.04. The Morgan fingerprint density at radius 3 is 2.40 bits per heavy atom. The number of aliphatic hydroxyl groups excluding tert-OH is 3. The monoisotopic (exact) mass is 148 g/mol. The minimum atomic E-state index is -0.937. The molecule has 60 valence electrons. The summed E-state index contributed by atoms with van der Waals surface area (Å²) in [5.41, 5.74) is 0. The van der Waals surface area contributed by atoms with E-state index >= 15 is 0 Å². The van der Waals surface area contributed by atoms with Gasteiger partial charge in [-0.05, 0) is 6.92 Å². The molecule has 1 aliphatic rings. The van der Waals surface area contributed by atoms with Crippen LogP contribution in [0.1, 0.15) is 13.3 Å². The minimum absolute atomic E-state index is 0.0888. The molecular weight excluding hydrogens is 136 g/mol. The van der Waals surface area contributed by atoms with Gasteiger partial charge in [0.15, 0.2) is 6.29 Å². The first kappa shape index (κ1) is 7.94. The van der Waals surface area contributed by atoms with Crippen LogP contribution >= 0.6 is 0 Å². The molecule has 3 N–H and O–H groups in total. The van der Waals surface area contributed by atoms with E-state index < -0.39 is 24.6 Å². The van der Waals surface area contributed by atoms with Crippen LogP contribution in [0.4, 0.5) is 0 Å². The van der Waals surface area contributed by atoms with Crippen molar-refractivity contribution < 1.29 is 20.1 Å². The van der Waals surface area contributed by atoms with Crippen LogP contribution < -0.4 is 0 Å². The van der Waals surface area contributed by atoms with Crippen LogP contribution in [0.25, 0.3) is 0 Å². The Balaban J connectivity index is 2.49. The van der Waals surface area contributed by atoms with Gasteiger partial charge in [-0.15, -0.1) is 0 Å². The molecule has 1 fully saturated rings. The summed E-state index contributed by atoms with van der Waals surface area (Å²) in [5, 5.41) is 27.0. The smallest absolute Gasteiger partial charge is 0.157 e. The number of ether oxygens (including phenoxy) is 1. The fourth-order valence-electron chi connectivity index (χ4n) is 1.04. The standard InChI is InChI=1S/C6H12O4/c1-3-6(9)4(7)2-5(8)10-3/h3-9H,2H2,1H3/t3-,4+,5+,6-/m0/s1.